The summed E-state index contributed by atoms with van der Waals surface area (Å²) in [6.07, 6.45) is 2.03. The SMILES string of the molecule is NCc1nc(-c2nc(C(=O)NC3CC3)no2)cs1. The van der Waals surface area contributed by atoms with E-state index >= 15 is 0 Å². The Bertz CT molecular complexity index is 574. The smallest absolute Gasteiger partial charge is 0.292 e. The zero-order valence-corrected chi connectivity index (χ0v) is 10.2. The quantitative estimate of drug-likeness (QED) is 0.835. The van der Waals surface area contributed by atoms with E-state index in [-0.39, 0.29) is 23.7 Å². The number of rotatable bonds is 4. The van der Waals surface area contributed by atoms with Crippen LogP contribution in [0.2, 0.25) is 0 Å². The van der Waals surface area contributed by atoms with Gasteiger partial charge in [0.25, 0.3) is 17.6 Å². The topological polar surface area (TPSA) is 107 Å². The van der Waals surface area contributed by atoms with Gasteiger partial charge in [-0.3, -0.25) is 4.79 Å². The third-order valence-corrected chi connectivity index (χ3v) is 3.36. The first-order chi connectivity index (χ1) is 8.76. The highest BCUT2D eigenvalue weighted by Crippen LogP contribution is 2.21. The lowest BCUT2D eigenvalue weighted by Gasteiger charge is -1.95. The molecule has 0 saturated heterocycles. The molecule has 2 heterocycles. The van der Waals surface area contributed by atoms with Crippen LogP contribution in [0.1, 0.15) is 28.5 Å². The Morgan fingerprint density at radius 1 is 1.56 bits per heavy atom. The van der Waals surface area contributed by atoms with Crippen molar-refractivity contribution in [1.29, 1.82) is 0 Å². The molecule has 1 aliphatic rings. The second kappa shape index (κ2) is 4.46. The van der Waals surface area contributed by atoms with Crippen LogP contribution >= 0.6 is 11.3 Å². The van der Waals surface area contributed by atoms with Crippen LogP contribution in [0.15, 0.2) is 9.90 Å². The number of carbonyl (C=O) groups is 1. The van der Waals surface area contributed by atoms with E-state index in [4.69, 9.17) is 10.3 Å². The maximum Gasteiger partial charge on any atom is 0.292 e. The molecule has 3 rings (SSSR count). The summed E-state index contributed by atoms with van der Waals surface area (Å²) in [5, 5.41) is 8.99. The number of hydrogen-bond donors (Lipinski definition) is 2. The average molecular weight is 265 g/mol. The van der Waals surface area contributed by atoms with Crippen molar-refractivity contribution in [2.24, 2.45) is 5.73 Å². The van der Waals surface area contributed by atoms with Crippen molar-refractivity contribution in [2.45, 2.75) is 25.4 Å². The normalized spacial score (nSPS) is 14.7. The molecule has 1 fully saturated rings. The molecule has 0 radical (unpaired) electrons. The van der Waals surface area contributed by atoms with Gasteiger partial charge in [-0.1, -0.05) is 5.16 Å². The molecule has 2 aromatic rings. The molecule has 0 atom stereocenters. The molecular weight excluding hydrogens is 254 g/mol. The van der Waals surface area contributed by atoms with Crippen molar-refractivity contribution in [1.82, 2.24) is 20.4 Å². The first-order valence-electron chi connectivity index (χ1n) is 5.55. The van der Waals surface area contributed by atoms with E-state index in [1.807, 2.05) is 0 Å². The summed E-state index contributed by atoms with van der Waals surface area (Å²) < 4.78 is 5.01. The van der Waals surface area contributed by atoms with Crippen molar-refractivity contribution in [2.75, 3.05) is 0 Å². The van der Waals surface area contributed by atoms with Gasteiger partial charge in [-0.05, 0) is 12.8 Å². The fraction of sp³-hybridized carbons (Fsp3) is 0.400. The highest BCUT2D eigenvalue weighted by atomic mass is 32.1. The van der Waals surface area contributed by atoms with Crippen LogP contribution in [0.3, 0.4) is 0 Å². The van der Waals surface area contributed by atoms with Gasteiger partial charge in [0.1, 0.15) is 10.7 Å². The van der Waals surface area contributed by atoms with Crippen molar-refractivity contribution >= 4 is 17.2 Å². The van der Waals surface area contributed by atoms with E-state index in [2.05, 4.69) is 20.4 Å². The fourth-order valence-electron chi connectivity index (χ4n) is 1.40. The predicted molar refractivity (Wildman–Crippen MR) is 63.8 cm³/mol. The third-order valence-electron chi connectivity index (χ3n) is 2.49. The number of hydrogen-bond acceptors (Lipinski definition) is 7. The Hall–Kier alpha value is -1.80. The molecule has 0 aliphatic heterocycles. The minimum atomic E-state index is -0.304. The average Bonchev–Trinajstić information content (AvgIpc) is 2.91. The molecule has 0 unspecified atom stereocenters. The molecule has 2 aromatic heterocycles. The van der Waals surface area contributed by atoms with Gasteiger partial charge in [0.15, 0.2) is 0 Å². The molecule has 94 valence electrons. The van der Waals surface area contributed by atoms with E-state index < -0.39 is 0 Å². The van der Waals surface area contributed by atoms with E-state index in [0.717, 1.165) is 17.8 Å². The lowest BCUT2D eigenvalue weighted by Crippen LogP contribution is -2.26. The molecule has 18 heavy (non-hydrogen) atoms. The van der Waals surface area contributed by atoms with Gasteiger partial charge in [0.2, 0.25) is 0 Å². The third kappa shape index (κ3) is 2.24. The summed E-state index contributed by atoms with van der Waals surface area (Å²) in [7, 11) is 0. The zero-order valence-electron chi connectivity index (χ0n) is 9.42. The van der Waals surface area contributed by atoms with Gasteiger partial charge in [-0.2, -0.15) is 4.98 Å². The number of aromatic nitrogens is 3. The summed E-state index contributed by atoms with van der Waals surface area (Å²) in [5.74, 6) is -0.0205. The van der Waals surface area contributed by atoms with Crippen molar-refractivity contribution < 1.29 is 9.32 Å². The number of carbonyl (C=O) groups excluding carboxylic acids is 1. The lowest BCUT2D eigenvalue weighted by molar-refractivity contribution is 0.0937. The lowest BCUT2D eigenvalue weighted by atomic mass is 10.5. The summed E-state index contributed by atoms with van der Waals surface area (Å²) in [5.41, 5.74) is 6.03. The number of nitrogens with zero attached hydrogens (tertiary/aromatic N) is 3. The minimum Gasteiger partial charge on any atom is -0.346 e. The van der Waals surface area contributed by atoms with Crippen LogP contribution in [0.25, 0.3) is 11.6 Å². The fourth-order valence-corrected chi connectivity index (χ4v) is 2.05. The highest BCUT2D eigenvalue weighted by molar-refractivity contribution is 7.09. The number of thiazole rings is 1. The first-order valence-corrected chi connectivity index (χ1v) is 6.43. The summed E-state index contributed by atoms with van der Waals surface area (Å²) in [6, 6.07) is 0.266. The second-order valence-electron chi connectivity index (χ2n) is 4.00. The van der Waals surface area contributed by atoms with Gasteiger partial charge in [-0.15, -0.1) is 11.3 Å². The van der Waals surface area contributed by atoms with Crippen LogP contribution in [-0.2, 0) is 6.54 Å². The van der Waals surface area contributed by atoms with Crippen LogP contribution in [-0.4, -0.2) is 27.1 Å². The summed E-state index contributed by atoms with van der Waals surface area (Å²) in [4.78, 5) is 19.9. The number of nitrogens with two attached hydrogens (primary N) is 1. The Balaban J connectivity index is 1.77. The molecule has 1 amide bonds. The van der Waals surface area contributed by atoms with Gasteiger partial charge >= 0.3 is 0 Å². The molecule has 7 nitrogen and oxygen atoms in total. The molecule has 8 heteroatoms. The van der Waals surface area contributed by atoms with Crippen LogP contribution in [0.5, 0.6) is 0 Å². The largest absolute Gasteiger partial charge is 0.346 e. The van der Waals surface area contributed by atoms with Crippen molar-refractivity contribution in [3.8, 4) is 11.6 Å². The van der Waals surface area contributed by atoms with Crippen molar-refractivity contribution in [3.63, 3.8) is 0 Å². The Labute approximate surface area is 106 Å². The van der Waals surface area contributed by atoms with E-state index in [1.54, 1.807) is 5.38 Å². The molecular formula is C10H11N5O2S. The maximum absolute atomic E-state index is 11.7. The summed E-state index contributed by atoms with van der Waals surface area (Å²) in [6.45, 7) is 0.369. The number of nitrogens with one attached hydrogen (secondary N) is 1. The molecule has 1 aliphatic carbocycles. The van der Waals surface area contributed by atoms with E-state index in [0.29, 0.717) is 12.2 Å². The number of amides is 1. The first kappa shape index (κ1) is 11.3. The highest BCUT2D eigenvalue weighted by Gasteiger charge is 2.26. The van der Waals surface area contributed by atoms with Gasteiger partial charge in [-0.25, -0.2) is 4.98 Å². The Kier molecular flexibility index (Phi) is 2.80. The minimum absolute atomic E-state index is 0.0409. The van der Waals surface area contributed by atoms with Crippen LogP contribution < -0.4 is 11.1 Å². The van der Waals surface area contributed by atoms with E-state index in [9.17, 15) is 4.79 Å². The van der Waals surface area contributed by atoms with Crippen LogP contribution in [0, 0.1) is 0 Å². The van der Waals surface area contributed by atoms with Crippen molar-refractivity contribution in [3.05, 3.63) is 16.2 Å². The van der Waals surface area contributed by atoms with Gasteiger partial charge in [0.05, 0.1) is 0 Å². The van der Waals surface area contributed by atoms with Crippen LogP contribution in [0.4, 0.5) is 0 Å². The zero-order chi connectivity index (χ0) is 12.5. The molecule has 3 N–H and O–H groups in total. The van der Waals surface area contributed by atoms with Gasteiger partial charge < -0.3 is 15.6 Å². The Morgan fingerprint density at radius 2 is 2.39 bits per heavy atom. The second-order valence-corrected chi connectivity index (χ2v) is 4.94. The predicted octanol–water partition coefficient (Wildman–Crippen LogP) is 0.544. The molecule has 0 aromatic carbocycles. The standard InChI is InChI=1S/C10H11N5O2S/c11-3-7-13-6(4-18-7)10-14-8(15-17-10)9(16)12-5-1-2-5/h4-5H,1-3,11H2,(H,12,16). The molecule has 0 spiro atoms. The maximum atomic E-state index is 11.7. The monoisotopic (exact) mass is 265 g/mol. The van der Waals surface area contributed by atoms with E-state index in [1.165, 1.54) is 11.3 Å². The van der Waals surface area contributed by atoms with Gasteiger partial charge in [0, 0.05) is 18.0 Å². The molecule has 1 saturated carbocycles. The summed E-state index contributed by atoms with van der Waals surface area (Å²) >= 11 is 1.42. The Morgan fingerprint density at radius 3 is 3.06 bits per heavy atom. The molecule has 0 bridgehead atoms.